The van der Waals surface area contributed by atoms with Gasteiger partial charge in [-0.25, -0.2) is 0 Å². The van der Waals surface area contributed by atoms with Crippen LogP contribution in [0.4, 0.5) is 34.1 Å². The first kappa shape index (κ1) is 44.5. The molecule has 70 heavy (non-hydrogen) atoms. The summed E-state index contributed by atoms with van der Waals surface area (Å²) >= 11 is 0. The van der Waals surface area contributed by atoms with E-state index in [0.29, 0.717) is 0 Å². The van der Waals surface area contributed by atoms with E-state index < -0.39 is 16.1 Å². The van der Waals surface area contributed by atoms with Crippen LogP contribution in [-0.2, 0) is 0 Å². The Balaban J connectivity index is 1.34. The van der Waals surface area contributed by atoms with Gasteiger partial charge in [0.1, 0.15) is 0 Å². The standard InChI is InChI=1S/C66H64N2Si2/c1-39-19-23-49-33-59(39)67(61-35-51(69(7,8)9)25-21-41(61)3)63-37-57-43(5)46-16-14-18-48(32-46)50-24-20-40(2)60(34-50)68(62-36-52(70(10,11)12)26-22-42(62)4)64-38-58(44(6)45-15-13-17-47(49)31-45)54-27-29-55(63)65-53(57)28-30-56(64)66(54)65/h13-38,43-44H,1-12H3. The van der Waals surface area contributed by atoms with Crippen molar-refractivity contribution in [2.45, 2.75) is 92.7 Å². The fourth-order valence-electron chi connectivity index (χ4n) is 11.9. The van der Waals surface area contributed by atoms with Crippen LogP contribution in [0.5, 0.6) is 0 Å². The zero-order chi connectivity index (χ0) is 48.7. The lowest BCUT2D eigenvalue weighted by molar-refractivity contribution is 0.932. The molecule has 0 saturated carbocycles. The van der Waals surface area contributed by atoms with Gasteiger partial charge in [0.05, 0.1) is 27.5 Å². The molecule has 10 aromatic carbocycles. The van der Waals surface area contributed by atoms with E-state index in [-0.39, 0.29) is 11.8 Å². The number of hydrogen-bond acceptors (Lipinski definition) is 2. The fraction of sp³-hybridized carbons (Fsp3) is 0.212. The third-order valence-corrected chi connectivity index (χ3v) is 20.4. The average Bonchev–Trinajstić information content (AvgIpc) is 3.34. The minimum atomic E-state index is -1.72. The third-order valence-electron chi connectivity index (χ3n) is 16.3. The fourth-order valence-corrected chi connectivity index (χ4v) is 14.2. The summed E-state index contributed by atoms with van der Waals surface area (Å²) in [5.74, 6) is 0.194. The molecule has 0 N–H and O–H groups in total. The van der Waals surface area contributed by atoms with Crippen LogP contribution in [0.15, 0.2) is 158 Å². The molecule has 0 radical (unpaired) electrons. The Labute approximate surface area is 417 Å². The van der Waals surface area contributed by atoms with Crippen molar-refractivity contribution in [2.75, 3.05) is 9.80 Å². The number of fused-ring (bicyclic) bond motifs is 7. The third kappa shape index (κ3) is 6.93. The second-order valence-electron chi connectivity index (χ2n) is 22.9. The molecule has 13 rings (SSSR count). The minimum absolute atomic E-state index is 0.0971. The van der Waals surface area contributed by atoms with Gasteiger partial charge in [-0.1, -0.05) is 185 Å². The van der Waals surface area contributed by atoms with Crippen LogP contribution < -0.4 is 20.2 Å². The summed E-state index contributed by atoms with van der Waals surface area (Å²) in [5, 5.41) is 10.8. The van der Waals surface area contributed by atoms with E-state index in [1.165, 1.54) is 144 Å². The SMILES string of the molecule is Cc1ccc2cc1N(c1cc([Si](C)(C)C)ccc1C)c1cc3c4ccc5c(cc(c6ccc1c4c65)C(C)c1cccc-2c1)N(c1cc([Si](C)(C)C)ccc1C)c1cc(ccc1C)-c1cccc(c1)C3C. The second kappa shape index (κ2) is 15.9. The van der Waals surface area contributed by atoms with Crippen molar-refractivity contribution in [3.05, 3.63) is 202 Å². The van der Waals surface area contributed by atoms with Gasteiger partial charge < -0.3 is 9.80 Å². The molecule has 3 aliphatic heterocycles. The highest BCUT2D eigenvalue weighted by molar-refractivity contribution is 6.89. The minimum Gasteiger partial charge on any atom is -0.309 e. The largest absolute Gasteiger partial charge is 0.309 e. The lowest BCUT2D eigenvalue weighted by Gasteiger charge is -2.35. The maximum Gasteiger partial charge on any atom is 0.0776 e. The lowest BCUT2D eigenvalue weighted by atomic mass is 9.80. The van der Waals surface area contributed by atoms with Gasteiger partial charge in [-0.05, 0) is 152 Å². The summed E-state index contributed by atoms with van der Waals surface area (Å²) in [6, 6.07) is 62.8. The zero-order valence-corrected chi connectivity index (χ0v) is 45.1. The molecule has 2 unspecified atom stereocenters. The quantitative estimate of drug-likeness (QED) is 0.128. The molecule has 2 nitrogen and oxygen atoms in total. The molecule has 3 heterocycles. The Hall–Kier alpha value is -6.73. The predicted octanol–water partition coefficient (Wildman–Crippen LogP) is 18.1. The summed E-state index contributed by atoms with van der Waals surface area (Å²) in [7, 11) is -3.44. The molecule has 0 spiro atoms. The number of aryl methyl sites for hydroxylation is 4. The number of nitrogens with zero attached hydrogens (tertiary/aromatic N) is 2. The molecule has 346 valence electrons. The van der Waals surface area contributed by atoms with Gasteiger partial charge >= 0.3 is 0 Å². The van der Waals surface area contributed by atoms with Gasteiger partial charge in [0.2, 0.25) is 0 Å². The predicted molar refractivity (Wildman–Crippen MR) is 310 cm³/mol. The van der Waals surface area contributed by atoms with Crippen LogP contribution in [0.2, 0.25) is 39.3 Å². The van der Waals surface area contributed by atoms with E-state index in [1.54, 1.807) is 0 Å². The van der Waals surface area contributed by atoms with E-state index in [1.807, 2.05) is 0 Å². The van der Waals surface area contributed by atoms with Crippen molar-refractivity contribution in [3.8, 4) is 22.3 Å². The van der Waals surface area contributed by atoms with Crippen molar-refractivity contribution in [2.24, 2.45) is 0 Å². The molecular weight excluding hydrogens is 877 g/mol. The van der Waals surface area contributed by atoms with Crippen LogP contribution in [0.3, 0.4) is 0 Å². The molecule has 0 saturated heterocycles. The van der Waals surface area contributed by atoms with Crippen LogP contribution in [0.1, 0.15) is 70.2 Å². The van der Waals surface area contributed by atoms with E-state index in [0.717, 1.165) is 0 Å². The van der Waals surface area contributed by atoms with Gasteiger partial charge in [0.15, 0.2) is 0 Å². The molecule has 0 amide bonds. The molecule has 4 heteroatoms. The van der Waals surface area contributed by atoms with Gasteiger partial charge in [0, 0.05) is 45.4 Å². The molecule has 3 aliphatic rings. The molecule has 16 bridgehead atoms. The highest BCUT2D eigenvalue weighted by atomic mass is 28.3. The highest BCUT2D eigenvalue weighted by Crippen LogP contribution is 2.54. The summed E-state index contributed by atoms with van der Waals surface area (Å²) in [4.78, 5) is 5.32. The van der Waals surface area contributed by atoms with Gasteiger partial charge in [-0.15, -0.1) is 0 Å². The maximum absolute atomic E-state index is 2.66. The Morgan fingerprint density at radius 1 is 0.329 bits per heavy atom. The maximum atomic E-state index is 2.66. The van der Waals surface area contributed by atoms with Gasteiger partial charge in [-0.2, -0.15) is 0 Å². The molecule has 0 aliphatic carbocycles. The van der Waals surface area contributed by atoms with E-state index in [2.05, 4.69) is 248 Å². The second-order valence-corrected chi connectivity index (χ2v) is 33.1. The number of hydrogen-bond donors (Lipinski definition) is 0. The van der Waals surface area contributed by atoms with Crippen molar-refractivity contribution in [3.63, 3.8) is 0 Å². The Morgan fingerprint density at radius 3 is 1.06 bits per heavy atom. The number of anilines is 6. The summed E-state index contributed by atoms with van der Waals surface area (Å²) < 4.78 is 0. The average molecular weight is 941 g/mol. The molecule has 0 fully saturated rings. The van der Waals surface area contributed by atoms with E-state index in [4.69, 9.17) is 0 Å². The summed E-state index contributed by atoms with van der Waals surface area (Å²) in [6.07, 6.45) is 0. The topological polar surface area (TPSA) is 6.48 Å². The van der Waals surface area contributed by atoms with Gasteiger partial charge in [-0.3, -0.25) is 0 Å². The molecule has 2 atom stereocenters. The molecular formula is C66H64N2Si2. The molecule has 10 aromatic rings. The monoisotopic (exact) mass is 940 g/mol. The van der Waals surface area contributed by atoms with E-state index >= 15 is 0 Å². The van der Waals surface area contributed by atoms with Crippen molar-refractivity contribution >= 4 is 93.0 Å². The summed E-state index contributed by atoms with van der Waals surface area (Å²) in [5.41, 5.74) is 22.7. The summed E-state index contributed by atoms with van der Waals surface area (Å²) in [6.45, 7) is 29.0. The van der Waals surface area contributed by atoms with Crippen molar-refractivity contribution in [1.82, 2.24) is 0 Å². The van der Waals surface area contributed by atoms with Crippen molar-refractivity contribution in [1.29, 1.82) is 0 Å². The lowest BCUT2D eigenvalue weighted by Crippen LogP contribution is -2.38. The first-order chi connectivity index (χ1) is 33.4. The highest BCUT2D eigenvalue weighted by Gasteiger charge is 2.31. The van der Waals surface area contributed by atoms with Gasteiger partial charge in [0.25, 0.3) is 0 Å². The van der Waals surface area contributed by atoms with E-state index in [9.17, 15) is 0 Å². The Morgan fingerprint density at radius 2 is 0.671 bits per heavy atom. The number of benzene rings is 10. The smallest absolute Gasteiger partial charge is 0.0776 e. The van der Waals surface area contributed by atoms with Crippen molar-refractivity contribution < 1.29 is 0 Å². The first-order valence-corrected chi connectivity index (χ1v) is 32.5. The zero-order valence-electron chi connectivity index (χ0n) is 43.1. The van der Waals surface area contributed by atoms with Crippen LogP contribution in [0.25, 0.3) is 54.6 Å². The van der Waals surface area contributed by atoms with Crippen LogP contribution in [-0.4, -0.2) is 16.1 Å². The first-order valence-electron chi connectivity index (χ1n) is 25.5. The Kier molecular flexibility index (Phi) is 10.1. The van der Waals surface area contributed by atoms with Crippen LogP contribution >= 0.6 is 0 Å². The Bertz CT molecular complexity index is 3540. The molecule has 0 aromatic heterocycles. The van der Waals surface area contributed by atoms with Crippen LogP contribution in [0, 0.1) is 27.7 Å². The number of rotatable bonds is 4. The normalized spacial score (nSPS) is 15.7.